The molecule has 2 aromatic rings. The lowest BCUT2D eigenvalue weighted by Crippen LogP contribution is -2.08. The van der Waals surface area contributed by atoms with Gasteiger partial charge in [0.15, 0.2) is 0 Å². The van der Waals surface area contributed by atoms with E-state index >= 15 is 0 Å². The summed E-state index contributed by atoms with van der Waals surface area (Å²) in [6.07, 6.45) is 0.617. The molecule has 0 fully saturated rings. The minimum Gasteiger partial charge on any atom is -0.497 e. The summed E-state index contributed by atoms with van der Waals surface area (Å²) in [5.74, 6) is 0.486. The predicted molar refractivity (Wildman–Crippen MR) is 96.5 cm³/mol. The van der Waals surface area contributed by atoms with E-state index in [1.54, 1.807) is 12.1 Å². The zero-order valence-corrected chi connectivity index (χ0v) is 15.2. The number of benzene rings is 2. The number of aromatic carboxylic acids is 1. The molecule has 0 aliphatic heterocycles. The normalized spacial score (nSPS) is 10.4. The zero-order chi connectivity index (χ0) is 18.4. The number of carboxylic acids is 1. The number of ether oxygens (including phenoxy) is 3. The molecule has 134 valence electrons. The van der Waals surface area contributed by atoms with Gasteiger partial charge in [-0.15, -0.1) is 0 Å². The Hall–Kier alpha value is -2.40. The maximum Gasteiger partial charge on any atom is 0.339 e. The molecule has 2 rings (SSSR count). The SMILES string of the molecule is COc1ccc(OCCCOc2cc(C)c(Cl)c(C)c2)c(C(=O)O)c1. The Morgan fingerprint density at radius 2 is 1.68 bits per heavy atom. The summed E-state index contributed by atoms with van der Waals surface area (Å²) in [5.41, 5.74) is 2.01. The molecule has 0 saturated carbocycles. The van der Waals surface area contributed by atoms with Crippen LogP contribution in [0.5, 0.6) is 17.2 Å². The van der Waals surface area contributed by atoms with Gasteiger partial charge in [0, 0.05) is 11.4 Å². The van der Waals surface area contributed by atoms with Gasteiger partial charge < -0.3 is 19.3 Å². The fraction of sp³-hybridized carbons (Fsp3) is 0.316. The topological polar surface area (TPSA) is 65.0 Å². The number of hydrogen-bond acceptors (Lipinski definition) is 4. The summed E-state index contributed by atoms with van der Waals surface area (Å²) in [4.78, 5) is 11.3. The van der Waals surface area contributed by atoms with Crippen molar-refractivity contribution in [3.8, 4) is 17.2 Å². The second-order valence-corrected chi connectivity index (χ2v) is 5.97. The fourth-order valence-electron chi connectivity index (χ4n) is 2.35. The van der Waals surface area contributed by atoms with Gasteiger partial charge in [0.25, 0.3) is 0 Å². The van der Waals surface area contributed by atoms with Crippen molar-refractivity contribution in [3.05, 3.63) is 52.0 Å². The number of methoxy groups -OCH3 is 1. The minimum atomic E-state index is -1.06. The largest absolute Gasteiger partial charge is 0.497 e. The molecule has 0 saturated heterocycles. The van der Waals surface area contributed by atoms with Gasteiger partial charge in [-0.2, -0.15) is 0 Å². The maximum absolute atomic E-state index is 11.3. The summed E-state index contributed by atoms with van der Waals surface area (Å²) >= 11 is 6.13. The van der Waals surface area contributed by atoms with Gasteiger partial charge >= 0.3 is 5.97 Å². The van der Waals surface area contributed by atoms with Crippen LogP contribution < -0.4 is 14.2 Å². The van der Waals surface area contributed by atoms with E-state index < -0.39 is 5.97 Å². The lowest BCUT2D eigenvalue weighted by molar-refractivity contribution is 0.0691. The highest BCUT2D eigenvalue weighted by atomic mass is 35.5. The van der Waals surface area contributed by atoms with Crippen LogP contribution in [0, 0.1) is 13.8 Å². The van der Waals surface area contributed by atoms with Crippen LogP contribution in [0.15, 0.2) is 30.3 Å². The molecule has 0 heterocycles. The van der Waals surface area contributed by atoms with Crippen molar-refractivity contribution in [1.29, 1.82) is 0 Å². The average molecular weight is 365 g/mol. The number of carbonyl (C=O) groups is 1. The van der Waals surface area contributed by atoms with Gasteiger partial charge in [0.1, 0.15) is 22.8 Å². The van der Waals surface area contributed by atoms with E-state index in [-0.39, 0.29) is 5.56 Å². The van der Waals surface area contributed by atoms with Gasteiger partial charge in [-0.05, 0) is 55.3 Å². The number of aryl methyl sites for hydroxylation is 2. The van der Waals surface area contributed by atoms with Gasteiger partial charge in [-0.25, -0.2) is 4.79 Å². The second kappa shape index (κ2) is 8.62. The molecule has 0 spiro atoms. The number of carboxylic acid groups (broad SMARTS) is 1. The summed E-state index contributed by atoms with van der Waals surface area (Å²) in [5, 5.41) is 9.99. The minimum absolute atomic E-state index is 0.0734. The molecule has 0 aromatic heterocycles. The molecule has 0 bridgehead atoms. The standard InChI is InChI=1S/C19H21ClO5/c1-12-9-15(10-13(2)18(12)20)24-7-4-8-25-17-6-5-14(23-3)11-16(17)19(21)22/h5-6,9-11H,4,7-8H2,1-3H3,(H,21,22). The molecule has 5 nitrogen and oxygen atoms in total. The molecule has 0 radical (unpaired) electrons. The number of hydrogen-bond donors (Lipinski definition) is 1. The molecule has 0 unspecified atom stereocenters. The van der Waals surface area contributed by atoms with E-state index in [1.807, 2.05) is 26.0 Å². The Morgan fingerprint density at radius 1 is 1.04 bits per heavy atom. The molecule has 25 heavy (non-hydrogen) atoms. The van der Waals surface area contributed by atoms with Crippen LogP contribution in [0.1, 0.15) is 27.9 Å². The summed E-state index contributed by atoms with van der Waals surface area (Å²) in [6, 6.07) is 8.48. The first-order valence-corrected chi connectivity index (χ1v) is 8.24. The third-order valence-electron chi connectivity index (χ3n) is 3.64. The van der Waals surface area contributed by atoms with Crippen LogP contribution in [0.3, 0.4) is 0 Å². The Balaban J connectivity index is 1.86. The second-order valence-electron chi connectivity index (χ2n) is 5.59. The lowest BCUT2D eigenvalue weighted by atomic mass is 10.1. The molecule has 0 aliphatic carbocycles. The van der Waals surface area contributed by atoms with Crippen LogP contribution >= 0.6 is 11.6 Å². The third-order valence-corrected chi connectivity index (χ3v) is 4.24. The highest BCUT2D eigenvalue weighted by Crippen LogP contribution is 2.26. The Labute approximate surface area is 152 Å². The fourth-order valence-corrected chi connectivity index (χ4v) is 2.46. The summed E-state index contributed by atoms with van der Waals surface area (Å²) in [6.45, 7) is 4.67. The Bertz CT molecular complexity index is 734. The monoisotopic (exact) mass is 364 g/mol. The highest BCUT2D eigenvalue weighted by Gasteiger charge is 2.12. The number of rotatable bonds is 8. The summed E-state index contributed by atoms with van der Waals surface area (Å²) in [7, 11) is 1.49. The molecule has 0 aliphatic rings. The maximum atomic E-state index is 11.3. The Morgan fingerprint density at radius 3 is 2.28 bits per heavy atom. The first kappa shape index (κ1) is 18.9. The van der Waals surface area contributed by atoms with Crippen molar-refractivity contribution in [1.82, 2.24) is 0 Å². The van der Waals surface area contributed by atoms with Crippen molar-refractivity contribution in [2.24, 2.45) is 0 Å². The third kappa shape index (κ3) is 5.03. The van der Waals surface area contributed by atoms with Crippen molar-refractivity contribution < 1.29 is 24.1 Å². The molecule has 0 amide bonds. The van der Waals surface area contributed by atoms with Crippen molar-refractivity contribution in [2.75, 3.05) is 20.3 Å². The first-order chi connectivity index (χ1) is 11.9. The van der Waals surface area contributed by atoms with Crippen LogP contribution in [-0.2, 0) is 0 Å². The molecule has 2 aromatic carbocycles. The van der Waals surface area contributed by atoms with E-state index in [1.165, 1.54) is 13.2 Å². The first-order valence-electron chi connectivity index (χ1n) is 7.86. The Kier molecular flexibility index (Phi) is 6.53. The van der Waals surface area contributed by atoms with Gasteiger partial charge in [-0.3, -0.25) is 0 Å². The lowest BCUT2D eigenvalue weighted by Gasteiger charge is -2.12. The smallest absolute Gasteiger partial charge is 0.339 e. The van der Waals surface area contributed by atoms with E-state index in [2.05, 4.69) is 0 Å². The van der Waals surface area contributed by atoms with E-state index in [4.69, 9.17) is 25.8 Å². The van der Waals surface area contributed by atoms with Gasteiger partial charge in [0.05, 0.1) is 20.3 Å². The summed E-state index contributed by atoms with van der Waals surface area (Å²) < 4.78 is 16.3. The highest BCUT2D eigenvalue weighted by molar-refractivity contribution is 6.32. The van der Waals surface area contributed by atoms with Gasteiger partial charge in [0.2, 0.25) is 0 Å². The van der Waals surface area contributed by atoms with Crippen LogP contribution in [0.2, 0.25) is 5.02 Å². The van der Waals surface area contributed by atoms with Crippen LogP contribution in [-0.4, -0.2) is 31.4 Å². The molecule has 1 N–H and O–H groups in total. The van der Waals surface area contributed by atoms with E-state index in [0.717, 1.165) is 21.9 Å². The quantitative estimate of drug-likeness (QED) is 0.698. The van der Waals surface area contributed by atoms with Crippen molar-refractivity contribution >= 4 is 17.6 Å². The predicted octanol–water partition coefficient (Wildman–Crippen LogP) is 4.51. The zero-order valence-electron chi connectivity index (χ0n) is 14.5. The average Bonchev–Trinajstić information content (AvgIpc) is 2.59. The van der Waals surface area contributed by atoms with Crippen LogP contribution in [0.4, 0.5) is 0 Å². The molecule has 6 heteroatoms. The number of halogens is 1. The van der Waals surface area contributed by atoms with Gasteiger partial charge in [-0.1, -0.05) is 11.6 Å². The van der Waals surface area contributed by atoms with E-state index in [0.29, 0.717) is 31.1 Å². The molecular formula is C19H21ClO5. The van der Waals surface area contributed by atoms with E-state index in [9.17, 15) is 9.90 Å². The molecular weight excluding hydrogens is 344 g/mol. The molecule has 0 atom stereocenters. The van der Waals surface area contributed by atoms with Crippen molar-refractivity contribution in [2.45, 2.75) is 20.3 Å². The van der Waals surface area contributed by atoms with Crippen molar-refractivity contribution in [3.63, 3.8) is 0 Å². The van der Waals surface area contributed by atoms with Crippen LogP contribution in [0.25, 0.3) is 0 Å².